The molecule has 0 aromatic heterocycles. The minimum atomic E-state index is -0.690. The molecule has 0 aliphatic carbocycles. The zero-order valence-electron chi connectivity index (χ0n) is 7.07. The third kappa shape index (κ3) is 17.6. The van der Waals surface area contributed by atoms with E-state index in [0.29, 0.717) is 0 Å². The molecule has 68 valence electrons. The first-order valence-corrected chi connectivity index (χ1v) is 3.34. The number of carbonyl (C=O) groups excluding carboxylic acids is 1. The molecule has 0 amide bonds. The van der Waals surface area contributed by atoms with Crippen LogP contribution in [0, 0.1) is 0 Å². The molecule has 0 aromatic carbocycles. The molecule has 0 saturated heterocycles. The van der Waals surface area contributed by atoms with Crippen LogP contribution in [0.4, 0.5) is 0 Å². The predicted octanol–water partition coefficient (Wildman–Crippen LogP) is 0.740. The van der Waals surface area contributed by atoms with Gasteiger partial charge in [0.15, 0.2) is 0 Å². The molecule has 0 heterocycles. The molecular formula is C6H15NO4. The van der Waals surface area contributed by atoms with E-state index in [0.717, 1.165) is 20.0 Å². The van der Waals surface area contributed by atoms with E-state index in [9.17, 15) is 4.79 Å². The van der Waals surface area contributed by atoms with Crippen molar-refractivity contribution < 1.29 is 20.1 Å². The van der Waals surface area contributed by atoms with Crippen molar-refractivity contribution in [3.05, 3.63) is 0 Å². The van der Waals surface area contributed by atoms with Crippen molar-refractivity contribution >= 4 is 5.97 Å². The summed E-state index contributed by atoms with van der Waals surface area (Å²) in [7, 11) is 0. The largest absolute Gasteiger partial charge is 0.339 e. The monoisotopic (exact) mass is 165 g/mol. The Morgan fingerprint density at radius 1 is 1.45 bits per heavy atom. The lowest BCUT2D eigenvalue weighted by atomic mass is 10.6. The van der Waals surface area contributed by atoms with Gasteiger partial charge in [0.2, 0.25) is 0 Å². The lowest BCUT2D eigenvalue weighted by Gasteiger charge is -2.05. The Bertz CT molecular complexity index is 92.6. The first-order chi connectivity index (χ1) is 5.08. The van der Waals surface area contributed by atoms with Crippen LogP contribution < -0.4 is 0 Å². The van der Waals surface area contributed by atoms with Gasteiger partial charge in [0.05, 0.1) is 0 Å². The second-order valence-electron chi connectivity index (χ2n) is 1.72. The highest BCUT2D eigenvalue weighted by molar-refractivity contribution is 5.64. The number of nitrogens with zero attached hydrogens (tertiary/aromatic N) is 1. The van der Waals surface area contributed by atoms with E-state index in [1.807, 2.05) is 13.8 Å². The molecule has 0 saturated carbocycles. The van der Waals surface area contributed by atoms with Gasteiger partial charge in [-0.15, -0.1) is 0 Å². The lowest BCUT2D eigenvalue weighted by molar-refractivity contribution is -0.231. The zero-order valence-corrected chi connectivity index (χ0v) is 7.07. The van der Waals surface area contributed by atoms with Gasteiger partial charge in [0.1, 0.15) is 0 Å². The summed E-state index contributed by atoms with van der Waals surface area (Å²) in [6.07, 6.45) is 0. The third-order valence-corrected chi connectivity index (χ3v) is 0.859. The average molecular weight is 165 g/mol. The van der Waals surface area contributed by atoms with Crippen LogP contribution in [0.25, 0.3) is 0 Å². The van der Waals surface area contributed by atoms with Gasteiger partial charge in [-0.05, 0) is 0 Å². The van der Waals surface area contributed by atoms with Crippen LogP contribution in [0.1, 0.15) is 20.8 Å². The number of carbonyl (C=O) groups is 1. The van der Waals surface area contributed by atoms with E-state index in [-0.39, 0.29) is 0 Å². The van der Waals surface area contributed by atoms with Crippen molar-refractivity contribution in [2.75, 3.05) is 13.1 Å². The number of rotatable bonds is 2. The summed E-state index contributed by atoms with van der Waals surface area (Å²) in [6.45, 7) is 6.36. The molecule has 2 N–H and O–H groups in total. The van der Waals surface area contributed by atoms with Gasteiger partial charge < -0.3 is 10.1 Å². The minimum absolute atomic E-state index is 0.690. The standard InChI is InChI=1S/C4H11NO.C2H4O3/c1-3-5(6)4-2;1-2(3)5-4/h6H,3-4H2,1-2H3;4H,1H3. The van der Waals surface area contributed by atoms with Crippen LogP contribution in [0.3, 0.4) is 0 Å². The van der Waals surface area contributed by atoms with Gasteiger partial charge in [-0.3, -0.25) is 0 Å². The average Bonchev–Trinajstić information content (AvgIpc) is 2.04. The van der Waals surface area contributed by atoms with Crippen LogP contribution in [0.2, 0.25) is 0 Å². The number of hydroxylamine groups is 2. The van der Waals surface area contributed by atoms with Crippen LogP contribution in [0.5, 0.6) is 0 Å². The second kappa shape index (κ2) is 9.35. The van der Waals surface area contributed by atoms with Gasteiger partial charge in [-0.1, -0.05) is 13.8 Å². The van der Waals surface area contributed by atoms with Crippen molar-refractivity contribution in [3.63, 3.8) is 0 Å². The minimum Gasteiger partial charge on any atom is -0.314 e. The smallest absolute Gasteiger partial charge is 0.314 e. The molecule has 11 heavy (non-hydrogen) atoms. The molecule has 0 spiro atoms. The maximum atomic E-state index is 9.34. The van der Waals surface area contributed by atoms with Gasteiger partial charge in [-0.2, -0.15) is 10.3 Å². The molecule has 0 bridgehead atoms. The molecular weight excluding hydrogens is 150 g/mol. The Hall–Kier alpha value is -0.650. The molecule has 5 nitrogen and oxygen atoms in total. The van der Waals surface area contributed by atoms with Crippen molar-refractivity contribution in [1.29, 1.82) is 0 Å². The van der Waals surface area contributed by atoms with Crippen LogP contribution >= 0.6 is 0 Å². The molecule has 0 fully saturated rings. The molecule has 0 aliphatic heterocycles. The molecule has 0 aliphatic rings. The summed E-state index contributed by atoms with van der Waals surface area (Å²) >= 11 is 0. The maximum Gasteiger partial charge on any atom is 0.339 e. The number of hydrogen-bond donors (Lipinski definition) is 2. The fraction of sp³-hybridized carbons (Fsp3) is 0.833. The van der Waals surface area contributed by atoms with E-state index in [4.69, 9.17) is 10.5 Å². The molecule has 0 unspecified atom stereocenters. The topological polar surface area (TPSA) is 70.0 Å². The molecule has 0 rings (SSSR count). The molecule has 5 heteroatoms. The van der Waals surface area contributed by atoms with E-state index in [2.05, 4.69) is 4.89 Å². The van der Waals surface area contributed by atoms with E-state index in [1.165, 1.54) is 5.06 Å². The highest BCUT2D eigenvalue weighted by atomic mass is 17.1. The summed E-state index contributed by atoms with van der Waals surface area (Å²) in [5.74, 6) is -0.690. The molecule has 0 atom stereocenters. The Labute approximate surface area is 66.1 Å². The summed E-state index contributed by atoms with van der Waals surface area (Å²) < 4.78 is 0. The van der Waals surface area contributed by atoms with Crippen molar-refractivity contribution in [2.24, 2.45) is 0 Å². The van der Waals surface area contributed by atoms with E-state index in [1.54, 1.807) is 0 Å². The highest BCUT2D eigenvalue weighted by Gasteiger charge is 1.84. The van der Waals surface area contributed by atoms with Crippen LogP contribution in [-0.4, -0.2) is 34.6 Å². The Kier molecular flexibility index (Phi) is 11.0. The Morgan fingerprint density at radius 2 is 1.73 bits per heavy atom. The SMILES string of the molecule is CC(=O)OO.CCN(O)CC. The van der Waals surface area contributed by atoms with Crippen LogP contribution in [0.15, 0.2) is 0 Å². The third-order valence-electron chi connectivity index (χ3n) is 0.859. The first kappa shape index (κ1) is 13.0. The lowest BCUT2D eigenvalue weighted by Crippen LogP contribution is -2.16. The van der Waals surface area contributed by atoms with Crippen LogP contribution in [-0.2, 0) is 9.68 Å². The zero-order chi connectivity index (χ0) is 9.28. The molecule has 0 radical (unpaired) electrons. The van der Waals surface area contributed by atoms with Gasteiger partial charge in [0, 0.05) is 20.0 Å². The fourth-order valence-corrected chi connectivity index (χ4v) is 0.224. The Morgan fingerprint density at radius 3 is 1.73 bits per heavy atom. The summed E-state index contributed by atoms with van der Waals surface area (Å²) in [4.78, 5) is 12.5. The quantitative estimate of drug-likeness (QED) is 0.466. The normalized spacial score (nSPS) is 8.55. The van der Waals surface area contributed by atoms with Gasteiger partial charge >= 0.3 is 5.97 Å². The van der Waals surface area contributed by atoms with Crippen molar-refractivity contribution in [3.8, 4) is 0 Å². The highest BCUT2D eigenvalue weighted by Crippen LogP contribution is 1.73. The van der Waals surface area contributed by atoms with Gasteiger partial charge in [-0.25, -0.2) is 4.79 Å². The van der Waals surface area contributed by atoms with Gasteiger partial charge in [0.25, 0.3) is 0 Å². The van der Waals surface area contributed by atoms with E-state index < -0.39 is 5.97 Å². The Balaban J connectivity index is 0. The fourth-order valence-electron chi connectivity index (χ4n) is 0.224. The maximum absolute atomic E-state index is 9.34. The van der Waals surface area contributed by atoms with Crippen molar-refractivity contribution in [1.82, 2.24) is 5.06 Å². The van der Waals surface area contributed by atoms with Crippen molar-refractivity contribution in [2.45, 2.75) is 20.8 Å². The number of hydrogen-bond acceptors (Lipinski definition) is 5. The summed E-state index contributed by atoms with van der Waals surface area (Å²) in [5.41, 5.74) is 0. The summed E-state index contributed by atoms with van der Waals surface area (Å²) in [5, 5.41) is 17.0. The first-order valence-electron chi connectivity index (χ1n) is 3.34. The molecule has 0 aromatic rings. The predicted molar refractivity (Wildman–Crippen MR) is 39.1 cm³/mol. The second-order valence-corrected chi connectivity index (χ2v) is 1.72. The summed E-state index contributed by atoms with van der Waals surface area (Å²) in [6, 6.07) is 0. The van der Waals surface area contributed by atoms with E-state index >= 15 is 0 Å².